The van der Waals surface area contributed by atoms with Crippen molar-refractivity contribution in [1.82, 2.24) is 9.47 Å². The van der Waals surface area contributed by atoms with Crippen molar-refractivity contribution in [3.05, 3.63) is 84.5 Å². The Hall–Kier alpha value is -3.85. The summed E-state index contributed by atoms with van der Waals surface area (Å²) in [6.07, 6.45) is 1.85. The monoisotopic (exact) mass is 563 g/mol. The second-order valence-electron chi connectivity index (χ2n) is 9.94. The molecule has 2 aromatic carbocycles. The fraction of sp³-hybridized carbons (Fsp3) is 0.387. The van der Waals surface area contributed by atoms with E-state index >= 15 is 0 Å². The van der Waals surface area contributed by atoms with Crippen molar-refractivity contribution in [1.29, 1.82) is 0 Å². The molecule has 3 aromatic rings. The van der Waals surface area contributed by atoms with Crippen LogP contribution >= 0.6 is 11.3 Å². The van der Waals surface area contributed by atoms with E-state index in [1.54, 1.807) is 35.8 Å². The maximum atomic E-state index is 14.0. The number of amides is 1. The predicted octanol–water partition coefficient (Wildman–Crippen LogP) is 4.16. The van der Waals surface area contributed by atoms with Gasteiger partial charge in [-0.15, -0.1) is 0 Å². The summed E-state index contributed by atoms with van der Waals surface area (Å²) in [4.78, 5) is 34.9. The Bertz CT molecular complexity index is 1580. The second-order valence-corrected chi connectivity index (χ2v) is 11.0. The van der Waals surface area contributed by atoms with Gasteiger partial charge in [0.1, 0.15) is 23.3 Å². The third-order valence-corrected chi connectivity index (χ3v) is 7.78. The summed E-state index contributed by atoms with van der Waals surface area (Å²) in [6.45, 7) is 11.6. The number of methoxy groups -OCH3 is 2. The van der Waals surface area contributed by atoms with Gasteiger partial charge in [0.2, 0.25) is 0 Å². The molecule has 0 aliphatic carbocycles. The number of carbonyl (C=O) groups excluding carboxylic acids is 1. The third kappa shape index (κ3) is 5.84. The number of aromatic nitrogens is 1. The molecule has 8 nitrogen and oxygen atoms in total. The Morgan fingerprint density at radius 2 is 1.75 bits per heavy atom. The number of fused-ring (bicyclic) bond motifs is 1. The van der Waals surface area contributed by atoms with E-state index in [-0.39, 0.29) is 11.5 Å². The van der Waals surface area contributed by atoms with Crippen molar-refractivity contribution in [2.24, 2.45) is 10.9 Å². The molecule has 0 bridgehead atoms. The van der Waals surface area contributed by atoms with Crippen molar-refractivity contribution >= 4 is 23.3 Å². The molecule has 1 aliphatic rings. The number of ether oxygens (including phenoxy) is 3. The van der Waals surface area contributed by atoms with Crippen molar-refractivity contribution in [2.75, 3.05) is 33.9 Å². The van der Waals surface area contributed by atoms with Gasteiger partial charge in [-0.1, -0.05) is 37.3 Å². The van der Waals surface area contributed by atoms with E-state index in [2.05, 4.69) is 13.8 Å². The lowest BCUT2D eigenvalue weighted by Gasteiger charge is -2.30. The minimum atomic E-state index is -0.733. The van der Waals surface area contributed by atoms with Crippen LogP contribution in [0.1, 0.15) is 51.8 Å². The molecule has 1 atom stereocenters. The summed E-state index contributed by atoms with van der Waals surface area (Å²) < 4.78 is 19.1. The first kappa shape index (κ1) is 29.1. The van der Waals surface area contributed by atoms with Gasteiger partial charge in [-0.05, 0) is 68.7 Å². The van der Waals surface area contributed by atoms with Crippen LogP contribution in [0.5, 0.6) is 17.2 Å². The number of hydrogen-bond donors (Lipinski definition) is 0. The molecule has 0 radical (unpaired) electrons. The van der Waals surface area contributed by atoms with Crippen LogP contribution in [0.4, 0.5) is 0 Å². The quantitative estimate of drug-likeness (QED) is 0.370. The first-order valence-corrected chi connectivity index (χ1v) is 14.3. The van der Waals surface area contributed by atoms with Gasteiger partial charge < -0.3 is 19.1 Å². The Kier molecular flexibility index (Phi) is 9.14. The highest BCUT2D eigenvalue weighted by Gasteiger charge is 2.36. The van der Waals surface area contributed by atoms with Gasteiger partial charge in [-0.3, -0.25) is 14.2 Å². The lowest BCUT2D eigenvalue weighted by atomic mass is 9.93. The van der Waals surface area contributed by atoms with E-state index in [1.807, 2.05) is 57.2 Å². The molecule has 0 fully saturated rings. The van der Waals surface area contributed by atoms with Crippen LogP contribution in [0.25, 0.3) is 6.08 Å². The SMILES string of the molecule is CCN(CC)C(=O)C1=C(C)N=c2s/c(=C\c3ccc(OCC(C)C)cc3)c(=O)n2[C@H]1c1cc(OC)ccc1OC. The fourth-order valence-corrected chi connectivity index (χ4v) is 5.74. The molecule has 4 rings (SSSR count). The topological polar surface area (TPSA) is 82.4 Å². The molecule has 1 amide bonds. The Morgan fingerprint density at radius 1 is 1.07 bits per heavy atom. The van der Waals surface area contributed by atoms with Crippen molar-refractivity contribution in [3.63, 3.8) is 0 Å². The van der Waals surface area contributed by atoms with Crippen molar-refractivity contribution in [3.8, 4) is 17.2 Å². The van der Waals surface area contributed by atoms with Crippen LogP contribution in [0, 0.1) is 5.92 Å². The Labute approximate surface area is 238 Å². The summed E-state index contributed by atoms with van der Waals surface area (Å²) in [5, 5.41) is 0. The highest BCUT2D eigenvalue weighted by Crippen LogP contribution is 2.38. The predicted molar refractivity (Wildman–Crippen MR) is 158 cm³/mol. The minimum Gasteiger partial charge on any atom is -0.497 e. The first-order chi connectivity index (χ1) is 19.2. The van der Waals surface area contributed by atoms with Gasteiger partial charge in [0.15, 0.2) is 4.80 Å². The smallest absolute Gasteiger partial charge is 0.271 e. The van der Waals surface area contributed by atoms with Crippen molar-refractivity contribution in [2.45, 2.75) is 40.7 Å². The summed E-state index contributed by atoms with van der Waals surface area (Å²) >= 11 is 1.30. The van der Waals surface area contributed by atoms with E-state index in [4.69, 9.17) is 19.2 Å². The standard InChI is InChI=1S/C31H37N3O5S/c1-8-33(9-2)30(36)27-20(5)32-31-34(28(27)24-17-23(37-6)14-15-25(24)38-7)29(35)26(40-31)16-21-10-12-22(13-11-21)39-18-19(3)4/h10-17,19,28H,8-9,18H2,1-7H3/b26-16-/t28-/m0/s1. The second kappa shape index (κ2) is 12.6. The average Bonchev–Trinajstić information content (AvgIpc) is 3.25. The number of nitrogens with zero attached hydrogens (tertiary/aromatic N) is 3. The van der Waals surface area contributed by atoms with E-state index in [0.717, 1.165) is 11.3 Å². The number of likely N-dealkylation sites (N-methyl/N-ethyl adjacent to an activating group) is 1. The first-order valence-electron chi connectivity index (χ1n) is 13.5. The van der Waals surface area contributed by atoms with E-state index in [0.29, 0.717) is 63.3 Å². The van der Waals surface area contributed by atoms with Gasteiger partial charge in [0, 0.05) is 18.7 Å². The molecule has 1 aromatic heterocycles. The number of allylic oxidation sites excluding steroid dienone is 1. The highest BCUT2D eigenvalue weighted by atomic mass is 32.1. The number of benzene rings is 2. The van der Waals surface area contributed by atoms with E-state index < -0.39 is 6.04 Å². The van der Waals surface area contributed by atoms with Crippen LogP contribution < -0.4 is 29.1 Å². The summed E-state index contributed by atoms with van der Waals surface area (Å²) in [5.74, 6) is 2.21. The zero-order valence-electron chi connectivity index (χ0n) is 24.2. The molecule has 40 heavy (non-hydrogen) atoms. The van der Waals surface area contributed by atoms with E-state index in [9.17, 15) is 9.59 Å². The molecule has 1 aliphatic heterocycles. The number of thiazole rings is 1. The van der Waals surface area contributed by atoms with E-state index in [1.165, 1.54) is 11.3 Å². The van der Waals surface area contributed by atoms with Crippen molar-refractivity contribution < 1.29 is 19.0 Å². The summed E-state index contributed by atoms with van der Waals surface area (Å²) in [6, 6.07) is 12.3. The third-order valence-electron chi connectivity index (χ3n) is 6.80. The minimum absolute atomic E-state index is 0.160. The van der Waals surface area contributed by atoms with Gasteiger partial charge in [0.05, 0.1) is 36.6 Å². The molecular weight excluding hydrogens is 526 g/mol. The maximum absolute atomic E-state index is 14.0. The molecule has 9 heteroatoms. The zero-order valence-corrected chi connectivity index (χ0v) is 25.0. The maximum Gasteiger partial charge on any atom is 0.271 e. The molecule has 0 saturated carbocycles. The lowest BCUT2D eigenvalue weighted by Crippen LogP contribution is -2.43. The zero-order chi connectivity index (χ0) is 29.0. The van der Waals surface area contributed by atoms with Crippen LogP contribution in [-0.4, -0.2) is 49.3 Å². The number of hydrogen-bond acceptors (Lipinski definition) is 7. The van der Waals surface area contributed by atoms with Crippen LogP contribution in [0.3, 0.4) is 0 Å². The van der Waals surface area contributed by atoms with Crippen LogP contribution in [0.2, 0.25) is 0 Å². The average molecular weight is 564 g/mol. The van der Waals surface area contributed by atoms with Gasteiger partial charge in [0.25, 0.3) is 11.5 Å². The van der Waals surface area contributed by atoms with Gasteiger partial charge in [-0.2, -0.15) is 0 Å². The molecule has 0 unspecified atom stereocenters. The lowest BCUT2D eigenvalue weighted by molar-refractivity contribution is -0.127. The largest absolute Gasteiger partial charge is 0.497 e. The van der Waals surface area contributed by atoms with Crippen LogP contribution in [-0.2, 0) is 4.79 Å². The number of carbonyl (C=O) groups is 1. The van der Waals surface area contributed by atoms with Gasteiger partial charge >= 0.3 is 0 Å². The molecule has 0 N–H and O–H groups in total. The highest BCUT2D eigenvalue weighted by molar-refractivity contribution is 7.07. The van der Waals surface area contributed by atoms with Crippen LogP contribution in [0.15, 0.2) is 63.5 Å². The van der Waals surface area contributed by atoms with Gasteiger partial charge in [-0.25, -0.2) is 4.99 Å². The molecular formula is C31H37N3O5S. The summed E-state index contributed by atoms with van der Waals surface area (Å²) in [7, 11) is 3.16. The normalized spacial score (nSPS) is 15.1. The molecule has 0 saturated heterocycles. The molecule has 212 valence electrons. The molecule has 2 heterocycles. The summed E-state index contributed by atoms with van der Waals surface area (Å²) in [5.41, 5.74) is 2.32. The Morgan fingerprint density at radius 3 is 2.35 bits per heavy atom. The fourth-order valence-electron chi connectivity index (χ4n) is 4.70. The number of rotatable bonds is 10. The Balaban J connectivity index is 1.90. The molecule has 0 spiro atoms.